The van der Waals surface area contributed by atoms with Crippen LogP contribution in [0.1, 0.15) is 33.6 Å². The third-order valence-electron chi connectivity index (χ3n) is 5.71. The Labute approximate surface area is 160 Å². The minimum absolute atomic E-state index is 0.0348. The van der Waals surface area contributed by atoms with Gasteiger partial charge in [-0.15, -0.1) is 22.7 Å². The summed E-state index contributed by atoms with van der Waals surface area (Å²) in [7, 11) is 0. The van der Waals surface area contributed by atoms with Crippen molar-refractivity contribution >= 4 is 38.0 Å². The van der Waals surface area contributed by atoms with Crippen LogP contribution in [-0.4, -0.2) is 30.5 Å². The molecule has 0 unspecified atom stereocenters. The molecule has 1 saturated heterocycles. The lowest BCUT2D eigenvalue weighted by Gasteiger charge is -2.38. The number of likely N-dealkylation sites (tertiary alicyclic amines) is 1. The minimum Gasteiger partial charge on any atom is -0.492 e. The van der Waals surface area contributed by atoms with Gasteiger partial charge in [-0.1, -0.05) is 12.1 Å². The van der Waals surface area contributed by atoms with Crippen LogP contribution in [0.4, 0.5) is 0 Å². The van der Waals surface area contributed by atoms with Crippen molar-refractivity contribution in [3.05, 3.63) is 51.7 Å². The van der Waals surface area contributed by atoms with E-state index in [4.69, 9.17) is 10.5 Å². The van der Waals surface area contributed by atoms with Crippen molar-refractivity contribution in [1.29, 1.82) is 0 Å². The molecule has 2 aliphatic rings. The summed E-state index contributed by atoms with van der Waals surface area (Å²) in [6.45, 7) is 2.82. The molecule has 26 heavy (non-hydrogen) atoms. The standard InChI is InChI=1S/C20H20N2O2S2/c21-11-13-1-2-15-14(9-13)20(12-24-15)4-6-22(7-5-20)19(23)18-10-17-16(26-18)3-8-25-17/h1-3,8-10H,4-7,11-12,21H2. The first-order valence-corrected chi connectivity index (χ1v) is 10.6. The monoisotopic (exact) mass is 384 g/mol. The zero-order chi connectivity index (χ0) is 17.7. The van der Waals surface area contributed by atoms with Crippen molar-refractivity contribution in [2.45, 2.75) is 24.8 Å². The number of nitrogens with zero attached hydrogens (tertiary/aromatic N) is 1. The average Bonchev–Trinajstić information content (AvgIpc) is 3.36. The Morgan fingerprint density at radius 2 is 2.04 bits per heavy atom. The van der Waals surface area contributed by atoms with Crippen LogP contribution in [0, 0.1) is 0 Å². The fourth-order valence-electron chi connectivity index (χ4n) is 4.12. The van der Waals surface area contributed by atoms with Gasteiger partial charge in [0.15, 0.2) is 0 Å². The van der Waals surface area contributed by atoms with E-state index in [0.29, 0.717) is 13.2 Å². The maximum Gasteiger partial charge on any atom is 0.263 e. The van der Waals surface area contributed by atoms with Crippen LogP contribution in [-0.2, 0) is 12.0 Å². The number of fused-ring (bicyclic) bond motifs is 3. The predicted molar refractivity (Wildman–Crippen MR) is 106 cm³/mol. The topological polar surface area (TPSA) is 55.6 Å². The van der Waals surface area contributed by atoms with Crippen molar-refractivity contribution in [3.63, 3.8) is 0 Å². The number of rotatable bonds is 2. The molecule has 4 nitrogen and oxygen atoms in total. The van der Waals surface area contributed by atoms with Gasteiger partial charge in [0.1, 0.15) is 5.75 Å². The summed E-state index contributed by atoms with van der Waals surface area (Å²) in [5, 5.41) is 2.08. The molecule has 3 aromatic rings. The smallest absolute Gasteiger partial charge is 0.263 e. The molecule has 0 radical (unpaired) electrons. The molecule has 0 aliphatic carbocycles. The number of hydrogen-bond acceptors (Lipinski definition) is 5. The lowest BCUT2D eigenvalue weighted by Crippen LogP contribution is -2.45. The van der Waals surface area contributed by atoms with Gasteiger partial charge in [-0.3, -0.25) is 4.79 Å². The molecule has 0 saturated carbocycles. The van der Waals surface area contributed by atoms with E-state index in [9.17, 15) is 4.79 Å². The summed E-state index contributed by atoms with van der Waals surface area (Å²) in [6, 6.07) is 10.4. The largest absolute Gasteiger partial charge is 0.492 e. The molecule has 4 heterocycles. The lowest BCUT2D eigenvalue weighted by atomic mass is 9.74. The second-order valence-electron chi connectivity index (χ2n) is 7.16. The van der Waals surface area contributed by atoms with Gasteiger partial charge in [0.05, 0.1) is 11.5 Å². The molecule has 134 valence electrons. The van der Waals surface area contributed by atoms with Gasteiger partial charge in [-0.2, -0.15) is 0 Å². The SMILES string of the molecule is NCc1ccc2c(c1)C1(CCN(C(=O)c3cc4sccc4s3)CC1)CO2. The van der Waals surface area contributed by atoms with Crippen LogP contribution < -0.4 is 10.5 Å². The Balaban J connectivity index is 1.35. The number of piperidine rings is 1. The van der Waals surface area contributed by atoms with E-state index in [-0.39, 0.29) is 11.3 Å². The molecular weight excluding hydrogens is 364 g/mol. The second kappa shape index (κ2) is 6.08. The summed E-state index contributed by atoms with van der Waals surface area (Å²) < 4.78 is 8.38. The summed E-state index contributed by atoms with van der Waals surface area (Å²) in [5.41, 5.74) is 8.28. The van der Waals surface area contributed by atoms with E-state index in [1.807, 2.05) is 23.1 Å². The van der Waals surface area contributed by atoms with E-state index in [0.717, 1.165) is 42.1 Å². The molecule has 2 aromatic heterocycles. The van der Waals surface area contributed by atoms with Crippen molar-refractivity contribution in [1.82, 2.24) is 4.90 Å². The first-order chi connectivity index (χ1) is 12.7. The van der Waals surface area contributed by atoms with Gasteiger partial charge in [0, 0.05) is 40.0 Å². The van der Waals surface area contributed by atoms with E-state index >= 15 is 0 Å². The Kier molecular flexibility index (Phi) is 3.81. The van der Waals surface area contributed by atoms with E-state index in [1.54, 1.807) is 22.7 Å². The number of carbonyl (C=O) groups excluding carboxylic acids is 1. The fourth-order valence-corrected chi connectivity index (χ4v) is 6.19. The number of hydrogen-bond donors (Lipinski definition) is 1. The Bertz CT molecular complexity index is 954. The van der Waals surface area contributed by atoms with Crippen LogP contribution in [0.3, 0.4) is 0 Å². The first kappa shape index (κ1) is 16.3. The molecule has 5 rings (SSSR count). The Hall–Kier alpha value is -1.89. The number of benzene rings is 1. The maximum atomic E-state index is 12.9. The molecule has 0 atom stereocenters. The molecular formula is C20H20N2O2S2. The van der Waals surface area contributed by atoms with E-state index in [1.165, 1.54) is 15.0 Å². The normalized spacial score (nSPS) is 18.3. The van der Waals surface area contributed by atoms with Gasteiger partial charge >= 0.3 is 0 Å². The van der Waals surface area contributed by atoms with Crippen LogP contribution >= 0.6 is 22.7 Å². The van der Waals surface area contributed by atoms with Gasteiger partial charge in [-0.05, 0) is 42.0 Å². The molecule has 6 heteroatoms. The fraction of sp³-hybridized carbons (Fsp3) is 0.350. The number of amides is 1. The van der Waals surface area contributed by atoms with Gasteiger partial charge in [0.25, 0.3) is 5.91 Å². The van der Waals surface area contributed by atoms with Crippen molar-refractivity contribution < 1.29 is 9.53 Å². The first-order valence-electron chi connectivity index (χ1n) is 8.91. The highest BCUT2D eigenvalue weighted by Crippen LogP contribution is 2.46. The highest BCUT2D eigenvalue weighted by atomic mass is 32.1. The quantitative estimate of drug-likeness (QED) is 0.727. The lowest BCUT2D eigenvalue weighted by molar-refractivity contribution is 0.0651. The Morgan fingerprint density at radius 3 is 2.81 bits per heavy atom. The second-order valence-corrected chi connectivity index (χ2v) is 9.19. The molecule has 1 fully saturated rings. The van der Waals surface area contributed by atoms with Crippen molar-refractivity contribution in [2.75, 3.05) is 19.7 Å². The minimum atomic E-state index is 0.0348. The van der Waals surface area contributed by atoms with E-state index in [2.05, 4.69) is 17.5 Å². The average molecular weight is 385 g/mol. The maximum absolute atomic E-state index is 12.9. The molecule has 2 aliphatic heterocycles. The van der Waals surface area contributed by atoms with Gasteiger partial charge in [0.2, 0.25) is 0 Å². The van der Waals surface area contributed by atoms with Crippen molar-refractivity contribution in [2.24, 2.45) is 5.73 Å². The number of ether oxygens (including phenoxy) is 1. The third kappa shape index (κ3) is 2.47. The van der Waals surface area contributed by atoms with Crippen LogP contribution in [0.5, 0.6) is 5.75 Å². The Morgan fingerprint density at radius 1 is 1.19 bits per heavy atom. The highest BCUT2D eigenvalue weighted by Gasteiger charge is 2.44. The summed E-state index contributed by atoms with van der Waals surface area (Å²) in [5.74, 6) is 1.16. The van der Waals surface area contributed by atoms with Gasteiger partial charge in [-0.25, -0.2) is 0 Å². The number of nitrogens with two attached hydrogens (primary N) is 1. The number of thiophene rings is 2. The molecule has 1 aromatic carbocycles. The molecule has 0 bridgehead atoms. The van der Waals surface area contributed by atoms with Crippen LogP contribution in [0.2, 0.25) is 0 Å². The van der Waals surface area contributed by atoms with Crippen LogP contribution in [0.15, 0.2) is 35.7 Å². The van der Waals surface area contributed by atoms with Crippen molar-refractivity contribution in [3.8, 4) is 5.75 Å². The van der Waals surface area contributed by atoms with E-state index < -0.39 is 0 Å². The van der Waals surface area contributed by atoms with Crippen LogP contribution in [0.25, 0.3) is 9.40 Å². The molecule has 1 amide bonds. The van der Waals surface area contributed by atoms with Gasteiger partial charge < -0.3 is 15.4 Å². The zero-order valence-corrected chi connectivity index (χ0v) is 16.0. The molecule has 2 N–H and O–H groups in total. The predicted octanol–water partition coefficient (Wildman–Crippen LogP) is 3.99. The number of carbonyl (C=O) groups is 1. The highest BCUT2D eigenvalue weighted by molar-refractivity contribution is 7.27. The summed E-state index contributed by atoms with van der Waals surface area (Å²) >= 11 is 3.30. The summed E-state index contributed by atoms with van der Waals surface area (Å²) in [6.07, 6.45) is 1.89. The summed E-state index contributed by atoms with van der Waals surface area (Å²) in [4.78, 5) is 15.8. The zero-order valence-electron chi connectivity index (χ0n) is 14.4. The third-order valence-corrected chi connectivity index (χ3v) is 7.79. The molecule has 1 spiro atoms.